The number of pyridine rings is 2. The highest BCUT2D eigenvalue weighted by Crippen LogP contribution is 2.47. The van der Waals surface area contributed by atoms with Gasteiger partial charge in [-0.25, -0.2) is 32.4 Å². The molecule has 0 saturated carbocycles. The Balaban J connectivity index is 0.000000169. The molecule has 4 aliphatic rings. The number of hydrogen-bond donors (Lipinski definition) is 2. The molecule has 0 spiro atoms. The zero-order valence-corrected chi connectivity index (χ0v) is 31.3. The van der Waals surface area contributed by atoms with E-state index in [0.29, 0.717) is 68.0 Å². The van der Waals surface area contributed by atoms with Gasteiger partial charge in [-0.1, -0.05) is 53.3 Å². The molecule has 4 aromatic rings. The van der Waals surface area contributed by atoms with Crippen LogP contribution in [0.4, 0.5) is 23.2 Å². The summed E-state index contributed by atoms with van der Waals surface area (Å²) in [7, 11) is 0. The minimum absolute atomic E-state index is 0.00575. The molecule has 9 nitrogen and oxygen atoms in total. The minimum atomic E-state index is -0.880. The van der Waals surface area contributed by atoms with Crippen molar-refractivity contribution in [1.82, 2.24) is 9.97 Å². The molecule has 2 saturated heterocycles. The smallest absolute Gasteiger partial charge is 0.205 e. The van der Waals surface area contributed by atoms with Crippen LogP contribution in [0.5, 0.6) is 0 Å². The van der Waals surface area contributed by atoms with E-state index in [9.17, 15) is 17.6 Å². The van der Waals surface area contributed by atoms with Crippen molar-refractivity contribution in [3.8, 4) is 0 Å². The molecular weight excluding hydrogens is 774 g/mol. The maximum absolute atomic E-state index is 14.7. The SMILES string of the molecule is NC1=N[C@@]2(c3cc(/C=C(\F)c4ccc(Cl)cn4)ccc3F)COC[C@H]2CS1.[C-]#[N+]c1ccc(/C(F)=C/c2ccc(F)c([C@]34COC[C@H]3CSC(N)=N4)c2)nc1. The number of benzene rings is 2. The fraction of sp³-hybridized carbons (Fsp3) is 0.256. The predicted molar refractivity (Wildman–Crippen MR) is 211 cm³/mol. The van der Waals surface area contributed by atoms with E-state index < -0.39 is 34.4 Å². The Bertz CT molecular complexity index is 2270. The number of fused-ring (bicyclic) bond motifs is 2. The van der Waals surface area contributed by atoms with E-state index in [1.165, 1.54) is 90.5 Å². The van der Waals surface area contributed by atoms with E-state index in [1.807, 2.05) is 0 Å². The fourth-order valence-corrected chi connectivity index (χ4v) is 8.92. The molecule has 2 aromatic heterocycles. The highest BCUT2D eigenvalue weighted by atomic mass is 35.5. The molecule has 0 bridgehead atoms. The lowest BCUT2D eigenvalue weighted by atomic mass is 9.81. The van der Waals surface area contributed by atoms with Crippen LogP contribution in [0.25, 0.3) is 28.7 Å². The van der Waals surface area contributed by atoms with Gasteiger partial charge >= 0.3 is 0 Å². The van der Waals surface area contributed by atoms with Gasteiger partial charge in [-0.05, 0) is 65.7 Å². The van der Waals surface area contributed by atoms with Gasteiger partial charge in [0.05, 0.1) is 49.4 Å². The van der Waals surface area contributed by atoms with Gasteiger partial charge in [0.15, 0.2) is 10.3 Å². The number of thioether (sulfide) groups is 2. The summed E-state index contributed by atoms with van der Waals surface area (Å²) >= 11 is 8.66. The average Bonchev–Trinajstić information content (AvgIpc) is 3.81. The largest absolute Gasteiger partial charge is 0.379 e. The third-order valence-corrected chi connectivity index (χ3v) is 11.8. The number of nitrogens with zero attached hydrogens (tertiary/aromatic N) is 5. The number of halogens is 5. The van der Waals surface area contributed by atoms with Crippen LogP contribution in [0.2, 0.25) is 5.02 Å². The van der Waals surface area contributed by atoms with E-state index in [0.717, 1.165) is 0 Å². The van der Waals surface area contributed by atoms with Crippen molar-refractivity contribution in [2.45, 2.75) is 11.1 Å². The number of hydrogen-bond acceptors (Lipinski definition) is 10. The molecule has 0 unspecified atom stereocenters. The van der Waals surface area contributed by atoms with Gasteiger partial charge in [0.25, 0.3) is 0 Å². The fourth-order valence-electron chi connectivity index (χ4n) is 6.87. The van der Waals surface area contributed by atoms with Gasteiger partial charge in [-0.15, -0.1) is 0 Å². The normalized spacial score (nSPS) is 24.8. The van der Waals surface area contributed by atoms with Crippen molar-refractivity contribution in [3.63, 3.8) is 0 Å². The molecule has 0 aliphatic carbocycles. The first kappa shape index (κ1) is 38.6. The molecule has 55 heavy (non-hydrogen) atoms. The first-order valence-corrected chi connectivity index (χ1v) is 19.3. The van der Waals surface area contributed by atoms with E-state index in [2.05, 4.69) is 24.8 Å². The highest BCUT2D eigenvalue weighted by molar-refractivity contribution is 8.14. The molecule has 4 N–H and O–H groups in total. The number of rotatable bonds is 6. The van der Waals surface area contributed by atoms with Crippen LogP contribution in [-0.2, 0) is 20.6 Å². The predicted octanol–water partition coefficient (Wildman–Crippen LogP) is 8.39. The van der Waals surface area contributed by atoms with Crippen LogP contribution < -0.4 is 11.5 Å². The van der Waals surface area contributed by atoms with Crippen LogP contribution in [0.15, 0.2) is 83.0 Å². The van der Waals surface area contributed by atoms with Gasteiger partial charge in [0.2, 0.25) is 5.69 Å². The second-order valence-electron chi connectivity index (χ2n) is 13.1. The van der Waals surface area contributed by atoms with Crippen LogP contribution in [-0.4, -0.2) is 58.2 Å². The number of nitrogens with two attached hydrogens (primary N) is 2. The van der Waals surface area contributed by atoms with Gasteiger partial charge in [0.1, 0.15) is 34.4 Å². The van der Waals surface area contributed by atoms with Gasteiger partial charge in [-0.2, -0.15) is 0 Å². The van der Waals surface area contributed by atoms with Gasteiger partial charge in [0, 0.05) is 46.9 Å². The summed E-state index contributed by atoms with van der Waals surface area (Å²) < 4.78 is 69.8. The summed E-state index contributed by atoms with van der Waals surface area (Å²) in [6, 6.07) is 14.8. The highest BCUT2D eigenvalue weighted by Gasteiger charge is 2.50. The van der Waals surface area contributed by atoms with Crippen molar-refractivity contribution in [2.75, 3.05) is 37.9 Å². The Kier molecular flexibility index (Phi) is 11.3. The van der Waals surface area contributed by atoms with Crippen molar-refractivity contribution in [2.24, 2.45) is 33.3 Å². The third kappa shape index (κ3) is 8.01. The molecule has 8 rings (SSSR count). The molecule has 2 aromatic carbocycles. The summed E-state index contributed by atoms with van der Waals surface area (Å²) in [6.45, 7) is 8.39. The van der Waals surface area contributed by atoms with E-state index in [1.54, 1.807) is 18.2 Å². The molecule has 282 valence electrons. The lowest BCUT2D eigenvalue weighted by Crippen LogP contribution is -2.40. The average molecular weight is 806 g/mol. The quantitative estimate of drug-likeness (QED) is 0.147. The second kappa shape index (κ2) is 16.2. The summed E-state index contributed by atoms with van der Waals surface area (Å²) in [6.07, 6.45) is 5.28. The Hall–Kier alpha value is -4.72. The maximum Gasteiger partial charge on any atom is 0.205 e. The molecule has 0 radical (unpaired) electrons. The van der Waals surface area contributed by atoms with E-state index >= 15 is 0 Å². The van der Waals surface area contributed by atoms with Crippen molar-refractivity contribution in [3.05, 3.63) is 135 Å². The van der Waals surface area contributed by atoms with Crippen LogP contribution in [0.3, 0.4) is 0 Å². The summed E-state index contributed by atoms with van der Waals surface area (Å²) in [4.78, 5) is 20.2. The molecule has 16 heteroatoms. The molecule has 4 aliphatic heterocycles. The lowest BCUT2D eigenvalue weighted by Gasteiger charge is -2.34. The number of aliphatic imine (C=N–C) groups is 2. The zero-order chi connectivity index (χ0) is 38.7. The molecule has 6 heterocycles. The summed E-state index contributed by atoms with van der Waals surface area (Å²) in [5.41, 5.74) is 12.4. The Morgan fingerprint density at radius 3 is 1.69 bits per heavy atom. The Morgan fingerprint density at radius 2 is 1.25 bits per heavy atom. The summed E-state index contributed by atoms with van der Waals surface area (Å²) in [5, 5.41) is 1.23. The molecule has 4 atom stereocenters. The monoisotopic (exact) mass is 805 g/mol. The third-order valence-electron chi connectivity index (χ3n) is 9.71. The van der Waals surface area contributed by atoms with E-state index in [4.69, 9.17) is 39.1 Å². The topological polar surface area (TPSA) is 125 Å². The molecular formula is C39H32ClF4N7O2S2. The van der Waals surface area contributed by atoms with Crippen LogP contribution in [0, 0.1) is 30.0 Å². The zero-order valence-electron chi connectivity index (χ0n) is 28.9. The van der Waals surface area contributed by atoms with Crippen molar-refractivity contribution < 1.29 is 27.0 Å². The first-order chi connectivity index (χ1) is 26.5. The standard InChI is InChI=1S/C20H16F2N4OS.C19H16ClF2N3OS/c1-24-14-3-5-18(25-8-14)17(22)7-12-2-4-16(21)15(6-12)20-11-27-9-13(20)10-28-19(23)26-20;20-13-2-4-17(24-7-13)16(22)6-11-1-3-15(21)14(5-11)19-10-26-8-12(19)9-27-18(23)25-19/h2-8,13H,9-11H2,(H2,23,26);1-7,12H,8-10H2,(H2,23,25)/b17-7-;16-6-/t13-,20-;12-,19-/m00/s1. The number of aromatic nitrogens is 2. The molecule has 2 fully saturated rings. The second-order valence-corrected chi connectivity index (χ2v) is 15.6. The van der Waals surface area contributed by atoms with Crippen LogP contribution in [0.1, 0.15) is 33.6 Å². The van der Waals surface area contributed by atoms with Crippen molar-refractivity contribution >= 4 is 75.0 Å². The maximum atomic E-state index is 14.7. The van der Waals surface area contributed by atoms with E-state index in [-0.39, 0.29) is 36.4 Å². The lowest BCUT2D eigenvalue weighted by molar-refractivity contribution is 0.176. The number of ether oxygens (including phenoxy) is 2. The Labute approximate surface area is 327 Å². The Morgan fingerprint density at radius 1 is 0.764 bits per heavy atom. The van der Waals surface area contributed by atoms with Gasteiger partial charge < -0.3 is 20.9 Å². The minimum Gasteiger partial charge on any atom is -0.379 e. The van der Waals surface area contributed by atoms with Crippen LogP contribution >= 0.6 is 35.1 Å². The summed E-state index contributed by atoms with van der Waals surface area (Å²) in [5.74, 6) is -0.515. The van der Waals surface area contributed by atoms with Crippen molar-refractivity contribution in [1.29, 1.82) is 0 Å². The molecule has 0 amide bonds. The van der Waals surface area contributed by atoms with Gasteiger partial charge in [-0.3, -0.25) is 9.97 Å². The first-order valence-electron chi connectivity index (χ1n) is 16.9. The number of amidine groups is 2.